The molecule has 5 heteroatoms. The molecule has 2 rings (SSSR count). The van der Waals surface area contributed by atoms with Crippen LogP contribution in [0.4, 0.5) is 4.39 Å². The Bertz CT molecular complexity index is 561. The van der Waals surface area contributed by atoms with Gasteiger partial charge in [0.2, 0.25) is 0 Å². The van der Waals surface area contributed by atoms with Gasteiger partial charge in [-0.25, -0.2) is 14.4 Å². The molecule has 2 aromatic rings. The summed E-state index contributed by atoms with van der Waals surface area (Å²) < 4.78 is 19.5. The van der Waals surface area contributed by atoms with Crippen LogP contribution < -0.4 is 10.1 Å². The number of nitrogens with zero attached hydrogens (tertiary/aromatic N) is 2. The van der Waals surface area contributed by atoms with Gasteiger partial charge in [-0.05, 0) is 24.6 Å². The summed E-state index contributed by atoms with van der Waals surface area (Å²) in [5, 5.41) is 3.29. The molecule has 0 spiro atoms. The molecule has 0 amide bonds. The fourth-order valence-electron chi connectivity index (χ4n) is 1.89. The predicted molar refractivity (Wildman–Crippen MR) is 79.3 cm³/mol. The lowest BCUT2D eigenvalue weighted by Gasteiger charge is -2.13. The number of ether oxygens (including phenoxy) is 1. The van der Waals surface area contributed by atoms with Crippen LogP contribution in [0.3, 0.4) is 0 Å². The third-order valence-electron chi connectivity index (χ3n) is 2.88. The van der Waals surface area contributed by atoms with Crippen LogP contribution in [0.1, 0.15) is 25.2 Å². The van der Waals surface area contributed by atoms with Crippen LogP contribution in [0, 0.1) is 11.7 Å². The van der Waals surface area contributed by atoms with E-state index in [1.807, 2.05) is 6.07 Å². The Kier molecular flexibility index (Phi) is 5.63. The zero-order valence-corrected chi connectivity index (χ0v) is 12.3. The van der Waals surface area contributed by atoms with Gasteiger partial charge in [0.25, 0.3) is 0 Å². The van der Waals surface area contributed by atoms with E-state index < -0.39 is 0 Å². The van der Waals surface area contributed by atoms with Crippen molar-refractivity contribution in [1.82, 2.24) is 15.3 Å². The summed E-state index contributed by atoms with van der Waals surface area (Å²) in [7, 11) is 0. The van der Waals surface area contributed by atoms with E-state index in [0.29, 0.717) is 18.3 Å². The van der Waals surface area contributed by atoms with E-state index >= 15 is 0 Å². The van der Waals surface area contributed by atoms with Crippen LogP contribution in [0.25, 0.3) is 0 Å². The van der Waals surface area contributed by atoms with Crippen molar-refractivity contribution in [3.63, 3.8) is 0 Å². The number of benzene rings is 1. The first-order chi connectivity index (χ1) is 10.2. The second kappa shape index (κ2) is 7.69. The molecule has 1 heterocycles. The summed E-state index contributed by atoms with van der Waals surface area (Å²) in [4.78, 5) is 8.13. The van der Waals surface area contributed by atoms with E-state index in [2.05, 4.69) is 29.1 Å². The van der Waals surface area contributed by atoms with E-state index in [1.165, 1.54) is 6.07 Å². The van der Waals surface area contributed by atoms with Gasteiger partial charge in [0.15, 0.2) is 17.4 Å². The van der Waals surface area contributed by atoms with Crippen LogP contribution in [0.2, 0.25) is 0 Å². The van der Waals surface area contributed by atoms with Crippen LogP contribution in [0.5, 0.6) is 5.75 Å². The van der Waals surface area contributed by atoms with Crippen molar-refractivity contribution in [1.29, 1.82) is 0 Å². The molecule has 0 unspecified atom stereocenters. The van der Waals surface area contributed by atoms with Gasteiger partial charge in [-0.1, -0.05) is 26.0 Å². The minimum Gasteiger partial charge on any atom is -0.482 e. The van der Waals surface area contributed by atoms with Crippen LogP contribution >= 0.6 is 0 Å². The molecule has 1 aromatic heterocycles. The number of hydrogen-bond acceptors (Lipinski definition) is 4. The Balaban J connectivity index is 2.03. The standard InChI is InChI=1S/C16H20FN3O/c1-12(2)9-18-10-13-5-3-6-14(17)16(13)21-11-15-19-7-4-8-20-15/h3-8,12,18H,9-11H2,1-2H3. The van der Waals surface area contributed by atoms with E-state index in [4.69, 9.17) is 4.74 Å². The highest BCUT2D eigenvalue weighted by atomic mass is 19.1. The zero-order valence-electron chi connectivity index (χ0n) is 12.3. The molecule has 21 heavy (non-hydrogen) atoms. The highest BCUT2D eigenvalue weighted by Gasteiger charge is 2.10. The highest BCUT2D eigenvalue weighted by Crippen LogP contribution is 2.23. The van der Waals surface area contributed by atoms with Gasteiger partial charge in [-0.15, -0.1) is 0 Å². The summed E-state index contributed by atoms with van der Waals surface area (Å²) in [6.07, 6.45) is 3.27. The summed E-state index contributed by atoms with van der Waals surface area (Å²) in [6.45, 7) is 5.85. The molecular weight excluding hydrogens is 269 g/mol. The number of aromatic nitrogens is 2. The largest absolute Gasteiger partial charge is 0.482 e. The normalized spacial score (nSPS) is 10.9. The van der Waals surface area contributed by atoms with Crippen molar-refractivity contribution in [3.8, 4) is 5.75 Å². The lowest BCUT2D eigenvalue weighted by atomic mass is 10.1. The van der Waals surface area contributed by atoms with Gasteiger partial charge in [-0.2, -0.15) is 0 Å². The smallest absolute Gasteiger partial charge is 0.166 e. The maximum atomic E-state index is 13.9. The first-order valence-electron chi connectivity index (χ1n) is 7.03. The molecule has 0 saturated heterocycles. The molecule has 0 atom stereocenters. The third-order valence-corrected chi connectivity index (χ3v) is 2.88. The highest BCUT2D eigenvalue weighted by molar-refractivity contribution is 5.35. The number of halogens is 1. The number of rotatable bonds is 7. The first-order valence-corrected chi connectivity index (χ1v) is 7.03. The predicted octanol–water partition coefficient (Wildman–Crippen LogP) is 2.94. The Morgan fingerprint density at radius 1 is 1.19 bits per heavy atom. The van der Waals surface area contributed by atoms with Gasteiger partial charge >= 0.3 is 0 Å². The molecule has 0 fully saturated rings. The van der Waals surface area contributed by atoms with Crippen molar-refractivity contribution in [3.05, 3.63) is 53.9 Å². The first kappa shape index (κ1) is 15.4. The topological polar surface area (TPSA) is 47.0 Å². The van der Waals surface area contributed by atoms with E-state index in [9.17, 15) is 4.39 Å². The number of nitrogens with one attached hydrogen (secondary N) is 1. The average Bonchev–Trinajstić information content (AvgIpc) is 2.47. The third kappa shape index (κ3) is 4.79. The Morgan fingerprint density at radius 2 is 1.95 bits per heavy atom. The maximum Gasteiger partial charge on any atom is 0.166 e. The maximum absolute atomic E-state index is 13.9. The molecule has 0 aliphatic rings. The quantitative estimate of drug-likeness (QED) is 0.851. The van der Waals surface area contributed by atoms with Crippen LogP contribution in [-0.2, 0) is 13.2 Å². The second-order valence-corrected chi connectivity index (χ2v) is 5.21. The van der Waals surface area contributed by atoms with Gasteiger partial charge in [0.05, 0.1) is 0 Å². The van der Waals surface area contributed by atoms with Gasteiger partial charge in [-0.3, -0.25) is 0 Å². The van der Waals surface area contributed by atoms with Crippen molar-refractivity contribution < 1.29 is 9.13 Å². The number of para-hydroxylation sites is 1. The molecule has 1 aromatic carbocycles. The molecule has 1 N–H and O–H groups in total. The van der Waals surface area contributed by atoms with Crippen molar-refractivity contribution in [2.45, 2.75) is 27.0 Å². The van der Waals surface area contributed by atoms with Crippen molar-refractivity contribution in [2.75, 3.05) is 6.54 Å². The van der Waals surface area contributed by atoms with Gasteiger partial charge in [0, 0.05) is 24.5 Å². The van der Waals surface area contributed by atoms with Crippen LogP contribution in [0.15, 0.2) is 36.7 Å². The summed E-state index contributed by atoms with van der Waals surface area (Å²) >= 11 is 0. The zero-order chi connectivity index (χ0) is 15.1. The lowest BCUT2D eigenvalue weighted by molar-refractivity contribution is 0.277. The van der Waals surface area contributed by atoms with Gasteiger partial charge < -0.3 is 10.1 Å². The Labute approximate surface area is 124 Å². The summed E-state index contributed by atoms with van der Waals surface area (Å²) in [5.74, 6) is 0.971. The minimum atomic E-state index is -0.366. The molecular formula is C16H20FN3O. The van der Waals surface area contributed by atoms with E-state index in [-0.39, 0.29) is 18.2 Å². The lowest BCUT2D eigenvalue weighted by Crippen LogP contribution is -2.19. The van der Waals surface area contributed by atoms with Crippen LogP contribution in [-0.4, -0.2) is 16.5 Å². The van der Waals surface area contributed by atoms with E-state index in [1.54, 1.807) is 24.5 Å². The molecule has 0 aliphatic carbocycles. The molecule has 4 nitrogen and oxygen atoms in total. The van der Waals surface area contributed by atoms with Crippen molar-refractivity contribution in [2.24, 2.45) is 5.92 Å². The fourth-order valence-corrected chi connectivity index (χ4v) is 1.89. The molecule has 0 aliphatic heterocycles. The molecule has 0 bridgehead atoms. The Morgan fingerprint density at radius 3 is 2.67 bits per heavy atom. The monoisotopic (exact) mass is 289 g/mol. The minimum absolute atomic E-state index is 0.152. The fraction of sp³-hybridized carbons (Fsp3) is 0.375. The SMILES string of the molecule is CC(C)CNCc1cccc(F)c1OCc1ncccn1. The molecule has 0 saturated carbocycles. The van der Waals surface area contributed by atoms with Crippen molar-refractivity contribution >= 4 is 0 Å². The molecule has 0 radical (unpaired) electrons. The summed E-state index contributed by atoms with van der Waals surface area (Å²) in [5.41, 5.74) is 0.798. The van der Waals surface area contributed by atoms with Gasteiger partial charge in [0.1, 0.15) is 6.61 Å². The summed E-state index contributed by atoms with van der Waals surface area (Å²) in [6, 6.07) is 6.67. The Hall–Kier alpha value is -2.01. The average molecular weight is 289 g/mol. The number of hydrogen-bond donors (Lipinski definition) is 1. The molecule has 112 valence electrons. The van der Waals surface area contributed by atoms with E-state index in [0.717, 1.165) is 12.1 Å². The second-order valence-electron chi connectivity index (χ2n) is 5.21.